The van der Waals surface area contributed by atoms with E-state index in [0.29, 0.717) is 0 Å². The standard InChI is InChI=1S/B.Cu.7K.40H2O.11W/h;;;;;;;;;40*1H2;;;;;;;;;;;. The molecule has 407 valence electrons. The van der Waals surface area contributed by atoms with Crippen LogP contribution in [0.4, 0.5) is 0 Å². The molecule has 0 heterocycles. The molecule has 0 bridgehead atoms. The van der Waals surface area contributed by atoms with E-state index >= 15 is 0 Å². The molecule has 0 aromatic carbocycles. The summed E-state index contributed by atoms with van der Waals surface area (Å²) in [6.45, 7) is 0. The Morgan fingerprint density at radius 2 is 0.0833 bits per heavy atom. The smallest absolute Gasteiger partial charge is 0 e. The molecule has 0 aliphatic heterocycles. The topological polar surface area (TPSA) is 1260 Å². The molecule has 0 spiro atoms. The average molecular weight is 3090 g/mol. The van der Waals surface area contributed by atoms with Crippen LogP contribution < -0.4 is 0 Å². The predicted molar refractivity (Wildman–Crippen MR) is 191 cm³/mol. The molecule has 0 aromatic rings. The van der Waals surface area contributed by atoms with Gasteiger partial charge in [-0.25, -0.2) is 0 Å². The van der Waals surface area contributed by atoms with Gasteiger partial charge in [0.25, 0.3) is 0 Å². The normalized spacial score (nSPS) is 0. The van der Waals surface area contributed by atoms with Gasteiger partial charge in [0.2, 0.25) is 0 Å². The van der Waals surface area contributed by atoms with Gasteiger partial charge in [-0.1, -0.05) is 0 Å². The van der Waals surface area contributed by atoms with E-state index in [4.69, 9.17) is 0 Å². The third kappa shape index (κ3) is 1320. The van der Waals surface area contributed by atoms with Crippen LogP contribution in [0.5, 0.6) is 0 Å². The van der Waals surface area contributed by atoms with Crippen molar-refractivity contribution in [1.82, 2.24) is 0 Å². The summed E-state index contributed by atoms with van der Waals surface area (Å²) < 4.78 is 0. The van der Waals surface area contributed by atoms with Gasteiger partial charge in [0, 0.05) is 617 Å². The first-order valence-electron chi connectivity index (χ1n) is 0. The first kappa shape index (κ1) is 1430. The van der Waals surface area contributed by atoms with Gasteiger partial charge in [-0.2, -0.15) is 0 Å². The quantitative estimate of drug-likeness (QED) is 0.204. The van der Waals surface area contributed by atoms with Crippen molar-refractivity contribution < 1.29 is 468 Å². The molecule has 0 aromatic heterocycles. The summed E-state index contributed by atoms with van der Waals surface area (Å²) in [6, 6.07) is 0. The minimum atomic E-state index is 0. The zero-order valence-electron chi connectivity index (χ0n) is 32.4. The maximum absolute atomic E-state index is 0. The van der Waals surface area contributed by atoms with Crippen LogP contribution in [-0.2, 0) is 249 Å². The minimum absolute atomic E-state index is 0. The second-order valence-corrected chi connectivity index (χ2v) is 0. The van der Waals surface area contributed by atoms with Gasteiger partial charge >= 0.3 is 0 Å². The first-order chi connectivity index (χ1) is 0. The SMILES string of the molecule is O.O.O.O.O.O.O.O.O.O.O.O.O.O.O.O.O.O.O.O.O.O.O.O.O.O.O.O.O.O.O.O.O.O.O.O.O.O.O.O.[B].[Cu].[K].[K].[K].[K].[K].[K].[K].[W].[W].[W].[W].[W].[W].[W].[W].[W].[W].[W]. The Morgan fingerprint density at radius 1 is 0.0833 bits per heavy atom. The zero-order chi connectivity index (χ0) is 0. The summed E-state index contributed by atoms with van der Waals surface area (Å²) >= 11 is 0. The van der Waals surface area contributed by atoms with Crippen LogP contribution in [-0.4, -0.2) is 587 Å². The summed E-state index contributed by atoms with van der Waals surface area (Å²) in [6.07, 6.45) is 0. The first-order valence-corrected chi connectivity index (χ1v) is 0. The zero-order valence-corrected chi connectivity index (χ0v) is 87.4. The Hall–Kier alpha value is 18.0. The molecule has 0 aliphatic carbocycles. The van der Waals surface area contributed by atoms with Crippen molar-refractivity contribution in [1.29, 1.82) is 0 Å². The molecular formula is H80BCuK7O40W11. The molecule has 0 saturated carbocycles. The van der Waals surface area contributed by atoms with E-state index in [1.165, 1.54) is 0 Å². The van der Waals surface area contributed by atoms with Crippen molar-refractivity contribution in [3.63, 3.8) is 0 Å². The van der Waals surface area contributed by atoms with Gasteiger partial charge in [-0.15, -0.1) is 0 Å². The Labute approximate surface area is 812 Å². The van der Waals surface area contributed by atoms with Crippen LogP contribution in [0.25, 0.3) is 0 Å². The molecule has 11 radical (unpaired) electrons. The van der Waals surface area contributed by atoms with E-state index in [1.54, 1.807) is 0 Å². The molecule has 0 saturated heterocycles. The van der Waals surface area contributed by atoms with E-state index in [9.17, 15) is 0 Å². The Bertz CT molecular complexity index is 83.8. The maximum atomic E-state index is 0. The molecule has 80 N–H and O–H groups in total. The molecule has 40 nitrogen and oxygen atoms in total. The summed E-state index contributed by atoms with van der Waals surface area (Å²) in [5.41, 5.74) is 0. The van der Waals surface area contributed by atoms with Crippen molar-refractivity contribution in [2.45, 2.75) is 0 Å². The van der Waals surface area contributed by atoms with Crippen LogP contribution in [0.1, 0.15) is 0 Å². The summed E-state index contributed by atoms with van der Waals surface area (Å²) in [5, 5.41) is 0. The molecule has 0 amide bonds. The molecule has 0 unspecified atom stereocenters. The van der Waals surface area contributed by atoms with Gasteiger partial charge < -0.3 is 219 Å². The molecule has 0 atom stereocenters. The second-order valence-electron chi connectivity index (χ2n) is 0. The van der Waals surface area contributed by atoms with Crippen LogP contribution in [0.3, 0.4) is 0 Å². The van der Waals surface area contributed by atoms with Gasteiger partial charge in [0.1, 0.15) is 0 Å². The van der Waals surface area contributed by atoms with Gasteiger partial charge in [-0.3, -0.25) is 0 Å². The van der Waals surface area contributed by atoms with E-state index < -0.39 is 0 Å². The fraction of sp³-hybridized carbons (Fsp3) is 0. The van der Waals surface area contributed by atoms with Gasteiger partial charge in [0.05, 0.1) is 0 Å². The van der Waals surface area contributed by atoms with Crippen molar-refractivity contribution >= 4 is 368 Å². The molecule has 60 heavy (non-hydrogen) atoms. The summed E-state index contributed by atoms with van der Waals surface area (Å²) in [7, 11) is 0. The van der Waals surface area contributed by atoms with Crippen molar-refractivity contribution in [3.05, 3.63) is 0 Å². The largest absolute Gasteiger partial charge is 0.412 e. The predicted octanol–water partition coefficient (Wildman–Crippen LogP) is -36.1. The Morgan fingerprint density at radius 3 is 0.0833 bits per heavy atom. The molecule has 0 fully saturated rings. The van der Waals surface area contributed by atoms with Crippen LogP contribution in [0.15, 0.2) is 0 Å². The second kappa shape index (κ2) is 1370. The van der Waals surface area contributed by atoms with Crippen molar-refractivity contribution in [3.8, 4) is 0 Å². The molecule has 0 aliphatic rings. The third-order valence-corrected chi connectivity index (χ3v) is 0. The summed E-state index contributed by atoms with van der Waals surface area (Å²) in [4.78, 5) is 0. The van der Waals surface area contributed by atoms with Crippen LogP contribution in [0, 0.1) is 0 Å². The Kier molecular flexibility index (Phi) is 32600. The number of rotatable bonds is 0. The Balaban J connectivity index is 0. The average Bonchev–Trinajstić information content (AvgIpc) is 0. The van der Waals surface area contributed by atoms with E-state index in [-0.39, 0.29) is 836 Å². The molecule has 0 rings (SSSR count). The van der Waals surface area contributed by atoms with Gasteiger partial charge in [0.15, 0.2) is 0 Å². The van der Waals surface area contributed by atoms with E-state index in [1.807, 2.05) is 0 Å². The van der Waals surface area contributed by atoms with Crippen LogP contribution >= 0.6 is 0 Å². The summed E-state index contributed by atoms with van der Waals surface area (Å²) in [5.74, 6) is 0. The number of hydrogen-bond donors (Lipinski definition) is 0. The van der Waals surface area contributed by atoms with E-state index in [2.05, 4.69) is 0 Å². The fourth-order valence-electron chi connectivity index (χ4n) is 0. The number of hydrogen-bond acceptors (Lipinski definition) is 0. The molecule has 60 heteroatoms. The van der Waals surface area contributed by atoms with Crippen molar-refractivity contribution in [2.24, 2.45) is 0 Å². The van der Waals surface area contributed by atoms with Crippen LogP contribution in [0.2, 0.25) is 0 Å². The maximum Gasteiger partial charge on any atom is 0 e. The monoisotopic (exact) mass is 3090 g/mol. The third-order valence-electron chi connectivity index (χ3n) is 0. The fourth-order valence-corrected chi connectivity index (χ4v) is 0. The minimum Gasteiger partial charge on any atom is -0.412 e. The van der Waals surface area contributed by atoms with E-state index in [0.717, 1.165) is 0 Å². The van der Waals surface area contributed by atoms with Crippen molar-refractivity contribution in [2.75, 3.05) is 0 Å². The molecular weight excluding hydrogens is 3010 g/mol. The van der Waals surface area contributed by atoms with Gasteiger partial charge in [-0.05, 0) is 0 Å².